The maximum atomic E-state index is 12.3. The number of carbonyl (C=O) groups excluding carboxylic acids is 2. The fourth-order valence-corrected chi connectivity index (χ4v) is 5.15. The van der Waals surface area contributed by atoms with Crippen LogP contribution >= 0.6 is 0 Å². The van der Waals surface area contributed by atoms with Gasteiger partial charge in [0.15, 0.2) is 0 Å². The zero-order valence-electron chi connectivity index (χ0n) is 13.0. The Balaban J connectivity index is 2.00. The minimum absolute atomic E-state index is 0.0991. The number of allylic oxidation sites excluding steroid dienone is 1. The van der Waals surface area contributed by atoms with E-state index in [4.69, 9.17) is 9.47 Å². The summed E-state index contributed by atoms with van der Waals surface area (Å²) in [6.07, 6.45) is 8.03. The third kappa shape index (κ3) is 1.87. The quantitative estimate of drug-likeness (QED) is 0.346. The van der Waals surface area contributed by atoms with Gasteiger partial charge in [0.1, 0.15) is 5.57 Å². The molecule has 0 spiro atoms. The lowest BCUT2D eigenvalue weighted by molar-refractivity contribution is -0.147. The van der Waals surface area contributed by atoms with Gasteiger partial charge >= 0.3 is 11.9 Å². The Morgan fingerprint density at radius 3 is 1.95 bits per heavy atom. The second kappa shape index (κ2) is 5.15. The summed E-state index contributed by atoms with van der Waals surface area (Å²) in [5, 5.41) is 0. The van der Waals surface area contributed by atoms with Crippen molar-refractivity contribution in [3.63, 3.8) is 0 Å². The molecule has 0 radical (unpaired) electrons. The molecule has 0 heterocycles. The Hall–Kier alpha value is -1.32. The Labute approximate surface area is 125 Å². The number of rotatable bonds is 4. The molecule has 3 saturated carbocycles. The fourth-order valence-electron chi connectivity index (χ4n) is 5.15. The molecule has 4 nitrogen and oxygen atoms in total. The summed E-state index contributed by atoms with van der Waals surface area (Å²) < 4.78 is 10.2. The third-order valence-electron chi connectivity index (χ3n) is 5.89. The van der Waals surface area contributed by atoms with Crippen LogP contribution in [0.5, 0.6) is 0 Å². The van der Waals surface area contributed by atoms with Crippen LogP contribution in [0.2, 0.25) is 0 Å². The van der Waals surface area contributed by atoms with Gasteiger partial charge < -0.3 is 9.47 Å². The molecule has 0 saturated heterocycles. The van der Waals surface area contributed by atoms with E-state index >= 15 is 0 Å². The van der Waals surface area contributed by atoms with E-state index < -0.39 is 11.9 Å². The van der Waals surface area contributed by atoms with Gasteiger partial charge in [-0.15, -0.1) is 0 Å². The van der Waals surface area contributed by atoms with Crippen LogP contribution in [0.15, 0.2) is 11.1 Å². The standard InChI is InChI=1S/C17H24O4/c1-3-20-14(18)13(15(19)21-4-2)12-11-16-7-5-9-17(12,16)10-6-8-16/h3-11H2,1-2H3. The van der Waals surface area contributed by atoms with Gasteiger partial charge in [0, 0.05) is 0 Å². The first-order valence-corrected chi connectivity index (χ1v) is 8.18. The van der Waals surface area contributed by atoms with E-state index in [1.807, 2.05) is 0 Å². The van der Waals surface area contributed by atoms with Crippen LogP contribution in [-0.4, -0.2) is 25.2 Å². The average Bonchev–Trinajstić information content (AvgIpc) is 2.82. The largest absolute Gasteiger partial charge is 0.462 e. The SMILES string of the molecule is CCOC(=O)C(C(=O)OCC)=C1CC23CCCC12CCC3. The third-order valence-corrected chi connectivity index (χ3v) is 5.89. The second-order valence-corrected chi connectivity index (χ2v) is 6.54. The van der Waals surface area contributed by atoms with E-state index in [0.29, 0.717) is 5.41 Å². The highest BCUT2D eigenvalue weighted by Gasteiger charge is 2.67. The highest BCUT2D eigenvalue weighted by molar-refractivity contribution is 6.15. The minimum atomic E-state index is -0.493. The monoisotopic (exact) mass is 292 g/mol. The van der Waals surface area contributed by atoms with Crippen molar-refractivity contribution in [2.45, 2.75) is 58.8 Å². The van der Waals surface area contributed by atoms with Crippen LogP contribution in [-0.2, 0) is 19.1 Å². The second-order valence-electron chi connectivity index (χ2n) is 6.54. The Morgan fingerprint density at radius 2 is 1.48 bits per heavy atom. The lowest BCUT2D eigenvalue weighted by atomic mass is 9.49. The molecule has 3 aliphatic rings. The highest BCUT2D eigenvalue weighted by Crippen LogP contribution is 2.77. The van der Waals surface area contributed by atoms with Gasteiger partial charge in [-0.05, 0) is 62.4 Å². The first-order valence-electron chi connectivity index (χ1n) is 8.18. The van der Waals surface area contributed by atoms with Crippen molar-refractivity contribution < 1.29 is 19.1 Å². The Kier molecular flexibility index (Phi) is 3.58. The summed E-state index contributed by atoms with van der Waals surface area (Å²) >= 11 is 0. The molecule has 0 amide bonds. The van der Waals surface area contributed by atoms with Crippen LogP contribution in [0.1, 0.15) is 58.8 Å². The van der Waals surface area contributed by atoms with E-state index in [1.54, 1.807) is 13.8 Å². The molecule has 21 heavy (non-hydrogen) atoms. The van der Waals surface area contributed by atoms with Gasteiger partial charge in [0.2, 0.25) is 0 Å². The number of ether oxygens (including phenoxy) is 2. The molecule has 0 aromatic rings. The summed E-state index contributed by atoms with van der Waals surface area (Å²) in [4.78, 5) is 24.6. The smallest absolute Gasteiger partial charge is 0.345 e. The van der Waals surface area contributed by atoms with Gasteiger partial charge in [0.25, 0.3) is 0 Å². The number of hydrogen-bond acceptors (Lipinski definition) is 4. The maximum absolute atomic E-state index is 12.3. The molecule has 116 valence electrons. The molecule has 0 aromatic carbocycles. The van der Waals surface area contributed by atoms with Crippen molar-refractivity contribution in [3.05, 3.63) is 11.1 Å². The van der Waals surface area contributed by atoms with Crippen LogP contribution in [0.4, 0.5) is 0 Å². The van der Waals surface area contributed by atoms with Crippen LogP contribution in [0, 0.1) is 10.8 Å². The van der Waals surface area contributed by atoms with Gasteiger partial charge in [-0.25, -0.2) is 9.59 Å². The predicted octanol–water partition coefficient (Wildman–Crippen LogP) is 3.15. The normalized spacial score (nSPS) is 33.0. The van der Waals surface area contributed by atoms with Crippen molar-refractivity contribution in [1.29, 1.82) is 0 Å². The molecule has 0 aromatic heterocycles. The Morgan fingerprint density at radius 1 is 0.952 bits per heavy atom. The Bertz CT molecular complexity index is 473. The van der Waals surface area contributed by atoms with Gasteiger partial charge in [-0.2, -0.15) is 0 Å². The lowest BCUT2D eigenvalue weighted by Crippen LogP contribution is -2.47. The summed E-state index contributed by atoms with van der Waals surface area (Å²) in [7, 11) is 0. The number of hydrogen-bond donors (Lipinski definition) is 0. The van der Waals surface area contributed by atoms with Crippen LogP contribution in [0.25, 0.3) is 0 Å². The van der Waals surface area contributed by atoms with Crippen molar-refractivity contribution in [3.8, 4) is 0 Å². The molecule has 0 N–H and O–H groups in total. The molecule has 3 fully saturated rings. The summed E-state index contributed by atoms with van der Waals surface area (Å²) in [6.45, 7) is 4.10. The number of esters is 2. The van der Waals surface area contributed by atoms with Crippen molar-refractivity contribution in [2.24, 2.45) is 10.8 Å². The molecular weight excluding hydrogens is 268 g/mol. The first-order chi connectivity index (χ1) is 10.1. The van der Waals surface area contributed by atoms with Crippen LogP contribution < -0.4 is 0 Å². The summed E-state index contributed by atoms with van der Waals surface area (Å²) in [5.74, 6) is -0.986. The molecule has 0 aliphatic heterocycles. The van der Waals surface area contributed by atoms with Gasteiger partial charge in [0.05, 0.1) is 13.2 Å². The molecule has 0 bridgehead atoms. The molecule has 3 rings (SSSR count). The predicted molar refractivity (Wildman–Crippen MR) is 77.5 cm³/mol. The summed E-state index contributed by atoms with van der Waals surface area (Å²) in [5.41, 5.74) is 1.71. The van der Waals surface area contributed by atoms with Crippen molar-refractivity contribution in [2.75, 3.05) is 13.2 Å². The molecule has 0 unspecified atom stereocenters. The zero-order chi connectivity index (χ0) is 15.1. The summed E-state index contributed by atoms with van der Waals surface area (Å²) in [6, 6.07) is 0. The van der Waals surface area contributed by atoms with E-state index in [-0.39, 0.29) is 24.2 Å². The molecule has 4 heteroatoms. The van der Waals surface area contributed by atoms with E-state index in [9.17, 15) is 9.59 Å². The minimum Gasteiger partial charge on any atom is -0.462 e. The molecular formula is C17H24O4. The topological polar surface area (TPSA) is 52.6 Å². The lowest BCUT2D eigenvalue weighted by Gasteiger charge is -2.54. The van der Waals surface area contributed by atoms with E-state index in [1.165, 1.54) is 25.7 Å². The molecule has 3 aliphatic carbocycles. The van der Waals surface area contributed by atoms with Gasteiger partial charge in [-0.3, -0.25) is 0 Å². The molecule has 0 atom stereocenters. The van der Waals surface area contributed by atoms with Crippen molar-refractivity contribution in [1.82, 2.24) is 0 Å². The maximum Gasteiger partial charge on any atom is 0.345 e. The van der Waals surface area contributed by atoms with Gasteiger partial charge in [-0.1, -0.05) is 12.8 Å². The van der Waals surface area contributed by atoms with Crippen molar-refractivity contribution >= 4 is 11.9 Å². The van der Waals surface area contributed by atoms with Crippen LogP contribution in [0.3, 0.4) is 0 Å². The number of carbonyl (C=O) groups is 2. The average molecular weight is 292 g/mol. The highest BCUT2D eigenvalue weighted by atomic mass is 16.6. The van der Waals surface area contributed by atoms with E-state index in [2.05, 4.69) is 0 Å². The first kappa shape index (κ1) is 14.6. The van der Waals surface area contributed by atoms with E-state index in [0.717, 1.165) is 24.8 Å². The zero-order valence-corrected chi connectivity index (χ0v) is 13.0. The fraction of sp³-hybridized carbons (Fsp3) is 0.765.